The van der Waals surface area contributed by atoms with Gasteiger partial charge in [-0.2, -0.15) is 0 Å². The maximum atomic E-state index is 6.16. The van der Waals surface area contributed by atoms with E-state index in [9.17, 15) is 0 Å². The van der Waals surface area contributed by atoms with Crippen LogP contribution in [0.1, 0.15) is 58.8 Å². The van der Waals surface area contributed by atoms with Gasteiger partial charge in [-0.3, -0.25) is 0 Å². The quantitative estimate of drug-likeness (QED) is 0.667. The Balaban J connectivity index is 1.99. The van der Waals surface area contributed by atoms with E-state index in [1.807, 2.05) is 0 Å². The minimum Gasteiger partial charge on any atom is -0.375 e. The molecule has 0 saturated heterocycles. The lowest BCUT2D eigenvalue weighted by Crippen LogP contribution is -2.44. The van der Waals surface area contributed by atoms with Crippen molar-refractivity contribution in [3.8, 4) is 0 Å². The van der Waals surface area contributed by atoms with Crippen LogP contribution in [0.2, 0.25) is 0 Å². The van der Waals surface area contributed by atoms with Crippen molar-refractivity contribution in [3.63, 3.8) is 0 Å². The Labute approximate surface area is 88.2 Å². The van der Waals surface area contributed by atoms with E-state index >= 15 is 0 Å². The van der Waals surface area contributed by atoms with Crippen molar-refractivity contribution in [2.45, 2.75) is 64.4 Å². The molecule has 14 heavy (non-hydrogen) atoms. The van der Waals surface area contributed by atoms with Crippen molar-refractivity contribution in [2.24, 2.45) is 11.8 Å². The van der Waals surface area contributed by atoms with Crippen LogP contribution in [-0.2, 0) is 4.74 Å². The molecule has 2 aliphatic carbocycles. The van der Waals surface area contributed by atoms with Gasteiger partial charge in [-0.15, -0.1) is 0 Å². The first-order valence-corrected chi connectivity index (χ1v) is 6.38. The number of rotatable bonds is 3. The Hall–Kier alpha value is -0.0400. The molecule has 2 saturated carbocycles. The van der Waals surface area contributed by atoms with E-state index in [1.54, 1.807) is 0 Å². The fourth-order valence-corrected chi connectivity index (χ4v) is 3.63. The minimum atomic E-state index is 0.302. The summed E-state index contributed by atoms with van der Waals surface area (Å²) in [4.78, 5) is 0. The van der Waals surface area contributed by atoms with Gasteiger partial charge in [0.05, 0.1) is 5.60 Å². The van der Waals surface area contributed by atoms with E-state index < -0.39 is 0 Å². The summed E-state index contributed by atoms with van der Waals surface area (Å²) in [5.41, 5.74) is 0.302. The zero-order valence-electron chi connectivity index (χ0n) is 9.72. The SMILES string of the molecule is CCCOC12CCCC(CC(C)C1)C2. The van der Waals surface area contributed by atoms with Gasteiger partial charge in [0.25, 0.3) is 0 Å². The lowest BCUT2D eigenvalue weighted by molar-refractivity contribution is -0.117. The molecule has 1 heteroatoms. The molecule has 3 unspecified atom stereocenters. The summed E-state index contributed by atoms with van der Waals surface area (Å²) >= 11 is 0. The second-order valence-electron chi connectivity index (χ2n) is 5.54. The standard InChI is InChI=1S/C13H24O/c1-3-7-14-13-6-4-5-12(10-13)8-11(2)9-13/h11-12H,3-10H2,1-2H3. The second-order valence-corrected chi connectivity index (χ2v) is 5.54. The largest absolute Gasteiger partial charge is 0.375 e. The lowest BCUT2D eigenvalue weighted by Gasteiger charge is -2.47. The molecule has 0 spiro atoms. The molecule has 2 aliphatic rings. The summed E-state index contributed by atoms with van der Waals surface area (Å²) in [5, 5.41) is 0. The van der Waals surface area contributed by atoms with Crippen molar-refractivity contribution in [3.05, 3.63) is 0 Å². The van der Waals surface area contributed by atoms with Crippen LogP contribution in [0.25, 0.3) is 0 Å². The van der Waals surface area contributed by atoms with E-state index in [0.29, 0.717) is 5.60 Å². The third-order valence-electron chi connectivity index (χ3n) is 3.97. The van der Waals surface area contributed by atoms with Gasteiger partial charge in [-0.1, -0.05) is 26.7 Å². The molecular formula is C13H24O. The molecule has 0 N–H and O–H groups in total. The first-order chi connectivity index (χ1) is 6.74. The van der Waals surface area contributed by atoms with E-state index in [0.717, 1.165) is 18.4 Å². The third-order valence-corrected chi connectivity index (χ3v) is 3.97. The predicted octanol–water partition coefficient (Wildman–Crippen LogP) is 3.77. The smallest absolute Gasteiger partial charge is 0.0687 e. The van der Waals surface area contributed by atoms with Crippen LogP contribution < -0.4 is 0 Å². The predicted molar refractivity (Wildman–Crippen MR) is 59.3 cm³/mol. The molecule has 2 rings (SSSR count). The average Bonchev–Trinajstić information content (AvgIpc) is 2.14. The van der Waals surface area contributed by atoms with E-state index in [1.165, 1.54) is 44.9 Å². The Morgan fingerprint density at radius 3 is 3.00 bits per heavy atom. The summed E-state index contributed by atoms with van der Waals surface area (Å²) in [6, 6.07) is 0. The van der Waals surface area contributed by atoms with Gasteiger partial charge in [0.1, 0.15) is 0 Å². The number of hydrogen-bond acceptors (Lipinski definition) is 1. The molecule has 0 aromatic rings. The number of fused-ring (bicyclic) bond motifs is 2. The molecule has 0 heterocycles. The number of hydrogen-bond donors (Lipinski definition) is 0. The molecular weight excluding hydrogens is 172 g/mol. The fraction of sp³-hybridized carbons (Fsp3) is 1.00. The maximum Gasteiger partial charge on any atom is 0.0687 e. The van der Waals surface area contributed by atoms with Crippen LogP contribution in [0.3, 0.4) is 0 Å². The van der Waals surface area contributed by atoms with E-state index in [2.05, 4.69) is 13.8 Å². The Morgan fingerprint density at radius 1 is 1.36 bits per heavy atom. The molecule has 0 radical (unpaired) electrons. The van der Waals surface area contributed by atoms with Crippen molar-refractivity contribution >= 4 is 0 Å². The Morgan fingerprint density at radius 2 is 2.21 bits per heavy atom. The molecule has 0 aromatic carbocycles. The van der Waals surface area contributed by atoms with Gasteiger partial charge in [-0.05, 0) is 43.9 Å². The van der Waals surface area contributed by atoms with Crippen LogP contribution in [-0.4, -0.2) is 12.2 Å². The molecule has 82 valence electrons. The molecule has 3 atom stereocenters. The summed E-state index contributed by atoms with van der Waals surface area (Å²) < 4.78 is 6.16. The lowest BCUT2D eigenvalue weighted by atomic mass is 9.65. The summed E-state index contributed by atoms with van der Waals surface area (Å²) in [7, 11) is 0. The molecule has 0 aliphatic heterocycles. The first kappa shape index (κ1) is 10.5. The van der Waals surface area contributed by atoms with Crippen LogP contribution in [0.4, 0.5) is 0 Å². The van der Waals surface area contributed by atoms with Gasteiger partial charge < -0.3 is 4.74 Å². The van der Waals surface area contributed by atoms with Gasteiger partial charge in [0.15, 0.2) is 0 Å². The monoisotopic (exact) mass is 196 g/mol. The van der Waals surface area contributed by atoms with Crippen molar-refractivity contribution in [2.75, 3.05) is 6.61 Å². The summed E-state index contributed by atoms with van der Waals surface area (Å²) in [5.74, 6) is 1.87. The third kappa shape index (κ3) is 2.13. The van der Waals surface area contributed by atoms with Crippen LogP contribution in [0.5, 0.6) is 0 Å². The molecule has 0 aromatic heterocycles. The highest BCUT2D eigenvalue weighted by atomic mass is 16.5. The van der Waals surface area contributed by atoms with Gasteiger partial charge >= 0.3 is 0 Å². The maximum absolute atomic E-state index is 6.16. The fourth-order valence-electron chi connectivity index (χ4n) is 3.63. The van der Waals surface area contributed by atoms with Crippen molar-refractivity contribution < 1.29 is 4.74 Å². The van der Waals surface area contributed by atoms with Gasteiger partial charge in [0.2, 0.25) is 0 Å². The average molecular weight is 196 g/mol. The van der Waals surface area contributed by atoms with Crippen molar-refractivity contribution in [1.29, 1.82) is 0 Å². The highest BCUT2D eigenvalue weighted by molar-refractivity contribution is 4.94. The molecule has 2 bridgehead atoms. The normalized spacial score (nSPS) is 42.4. The van der Waals surface area contributed by atoms with E-state index in [-0.39, 0.29) is 0 Å². The van der Waals surface area contributed by atoms with Gasteiger partial charge in [-0.25, -0.2) is 0 Å². The number of ether oxygens (including phenoxy) is 1. The van der Waals surface area contributed by atoms with Crippen LogP contribution in [0, 0.1) is 11.8 Å². The van der Waals surface area contributed by atoms with Crippen molar-refractivity contribution in [1.82, 2.24) is 0 Å². The van der Waals surface area contributed by atoms with Crippen LogP contribution >= 0.6 is 0 Å². The summed E-state index contributed by atoms with van der Waals surface area (Å²) in [6.07, 6.45) is 9.50. The van der Waals surface area contributed by atoms with Gasteiger partial charge in [0, 0.05) is 6.61 Å². The van der Waals surface area contributed by atoms with Crippen LogP contribution in [0.15, 0.2) is 0 Å². The summed E-state index contributed by atoms with van der Waals surface area (Å²) in [6.45, 7) is 5.59. The zero-order chi connectivity index (χ0) is 10.0. The molecule has 0 amide bonds. The zero-order valence-corrected chi connectivity index (χ0v) is 9.72. The Kier molecular flexibility index (Phi) is 3.16. The minimum absolute atomic E-state index is 0.302. The molecule has 2 fully saturated rings. The highest BCUT2D eigenvalue weighted by Crippen LogP contribution is 2.47. The highest BCUT2D eigenvalue weighted by Gasteiger charge is 2.42. The van der Waals surface area contributed by atoms with E-state index in [4.69, 9.17) is 4.74 Å². The topological polar surface area (TPSA) is 9.23 Å². The first-order valence-electron chi connectivity index (χ1n) is 6.38. The Bertz CT molecular complexity index is 186. The second kappa shape index (κ2) is 4.22. The molecule has 1 nitrogen and oxygen atoms in total.